The molecule has 0 spiro atoms. The van der Waals surface area contributed by atoms with Gasteiger partial charge in [-0.15, -0.1) is 6.58 Å². The first kappa shape index (κ1) is 14.1. The number of allylic oxidation sites excluding steroid dienone is 1. The van der Waals surface area contributed by atoms with Crippen molar-refractivity contribution in [2.75, 3.05) is 19.5 Å². The van der Waals surface area contributed by atoms with Crippen LogP contribution in [0.3, 0.4) is 0 Å². The molecular formula is C15H17NO4. The minimum atomic E-state index is -1.38. The Balaban J connectivity index is 2.66. The Labute approximate surface area is 117 Å². The van der Waals surface area contributed by atoms with Crippen LogP contribution in [-0.2, 0) is 19.7 Å². The van der Waals surface area contributed by atoms with Gasteiger partial charge in [0.2, 0.25) is 5.91 Å². The summed E-state index contributed by atoms with van der Waals surface area (Å²) in [5.41, 5.74) is 0.505. The number of carbonyl (C=O) groups is 2. The van der Waals surface area contributed by atoms with Crippen LogP contribution in [0.15, 0.2) is 30.4 Å². The molecule has 106 valence electrons. The Morgan fingerprint density at radius 1 is 1.40 bits per heavy atom. The topological polar surface area (TPSA) is 64.6 Å². The van der Waals surface area contributed by atoms with Gasteiger partial charge < -0.3 is 14.8 Å². The average Bonchev–Trinajstić information content (AvgIpc) is 2.70. The third kappa shape index (κ3) is 1.95. The van der Waals surface area contributed by atoms with Gasteiger partial charge in [-0.2, -0.15) is 0 Å². The lowest BCUT2D eigenvalue weighted by Gasteiger charge is -2.24. The lowest BCUT2D eigenvalue weighted by molar-refractivity contribution is -0.150. The number of carbonyl (C=O) groups excluding carboxylic acids is 2. The van der Waals surface area contributed by atoms with Crippen molar-refractivity contribution < 1.29 is 19.1 Å². The zero-order valence-corrected chi connectivity index (χ0v) is 11.8. The molecule has 0 bridgehead atoms. The summed E-state index contributed by atoms with van der Waals surface area (Å²) in [5.74, 6) is -0.407. The zero-order valence-electron chi connectivity index (χ0n) is 11.8. The molecule has 20 heavy (non-hydrogen) atoms. The van der Waals surface area contributed by atoms with Crippen LogP contribution in [0, 0.1) is 0 Å². The molecule has 1 aliphatic rings. The number of benzene rings is 1. The summed E-state index contributed by atoms with van der Waals surface area (Å²) in [6.45, 7) is 5.59. The van der Waals surface area contributed by atoms with E-state index in [4.69, 9.17) is 9.47 Å². The van der Waals surface area contributed by atoms with Gasteiger partial charge in [0.05, 0.1) is 14.2 Å². The summed E-state index contributed by atoms with van der Waals surface area (Å²) in [6, 6.07) is 5.13. The molecule has 0 saturated heterocycles. The Hall–Kier alpha value is -2.30. The molecule has 1 aromatic rings. The molecule has 5 heteroatoms. The van der Waals surface area contributed by atoms with Crippen LogP contribution in [0.5, 0.6) is 5.75 Å². The van der Waals surface area contributed by atoms with Crippen LogP contribution >= 0.6 is 0 Å². The third-order valence-corrected chi connectivity index (χ3v) is 3.42. The first-order valence-electron chi connectivity index (χ1n) is 6.18. The lowest BCUT2D eigenvalue weighted by Crippen LogP contribution is -2.43. The third-order valence-electron chi connectivity index (χ3n) is 3.42. The van der Waals surface area contributed by atoms with Gasteiger partial charge in [0.25, 0.3) is 0 Å². The second-order valence-electron chi connectivity index (χ2n) is 4.90. The summed E-state index contributed by atoms with van der Waals surface area (Å²) in [6.07, 6.45) is 0.200. The lowest BCUT2D eigenvalue weighted by atomic mass is 9.76. The zero-order chi connectivity index (χ0) is 14.9. The number of anilines is 1. The van der Waals surface area contributed by atoms with E-state index in [1.165, 1.54) is 14.2 Å². The normalized spacial score (nSPS) is 20.1. The maximum Gasteiger partial charge on any atom is 0.326 e. The van der Waals surface area contributed by atoms with Crippen molar-refractivity contribution in [1.82, 2.24) is 0 Å². The largest absolute Gasteiger partial charge is 0.497 e. The summed E-state index contributed by atoms with van der Waals surface area (Å²) in [7, 11) is 2.80. The van der Waals surface area contributed by atoms with Crippen LogP contribution < -0.4 is 10.1 Å². The van der Waals surface area contributed by atoms with E-state index in [1.807, 2.05) is 0 Å². The Kier molecular flexibility index (Phi) is 3.53. The number of esters is 1. The van der Waals surface area contributed by atoms with Gasteiger partial charge in [-0.3, -0.25) is 9.59 Å². The van der Waals surface area contributed by atoms with E-state index in [1.54, 1.807) is 25.1 Å². The molecule has 0 saturated carbocycles. The first-order chi connectivity index (χ1) is 9.45. The molecule has 0 fully saturated rings. The summed E-state index contributed by atoms with van der Waals surface area (Å²) >= 11 is 0. The van der Waals surface area contributed by atoms with Crippen molar-refractivity contribution in [3.05, 3.63) is 35.9 Å². The molecule has 0 unspecified atom stereocenters. The van der Waals surface area contributed by atoms with Crippen molar-refractivity contribution in [1.29, 1.82) is 0 Å². The van der Waals surface area contributed by atoms with Gasteiger partial charge in [0, 0.05) is 11.3 Å². The quantitative estimate of drug-likeness (QED) is 0.519. The van der Waals surface area contributed by atoms with Crippen LogP contribution in [0.25, 0.3) is 0 Å². The summed E-state index contributed by atoms with van der Waals surface area (Å²) < 4.78 is 10.0. The maximum absolute atomic E-state index is 12.4. The highest BCUT2D eigenvalue weighted by atomic mass is 16.5. The number of ether oxygens (including phenoxy) is 2. The predicted molar refractivity (Wildman–Crippen MR) is 74.7 cm³/mol. The van der Waals surface area contributed by atoms with Gasteiger partial charge in [0.15, 0.2) is 5.41 Å². The number of amides is 1. The fraction of sp³-hybridized carbons (Fsp3) is 0.333. The van der Waals surface area contributed by atoms with Crippen molar-refractivity contribution in [2.45, 2.75) is 18.8 Å². The molecule has 0 aliphatic carbocycles. The molecule has 1 N–H and O–H groups in total. The fourth-order valence-electron chi connectivity index (χ4n) is 2.54. The number of hydrogen-bond donors (Lipinski definition) is 1. The van der Waals surface area contributed by atoms with Gasteiger partial charge in [0.1, 0.15) is 5.75 Å². The first-order valence-corrected chi connectivity index (χ1v) is 6.18. The number of fused-ring (bicyclic) bond motifs is 1. The number of nitrogens with one attached hydrogen (secondary N) is 1. The van der Waals surface area contributed by atoms with Crippen molar-refractivity contribution in [3.8, 4) is 5.75 Å². The van der Waals surface area contributed by atoms with Crippen LogP contribution in [0.2, 0.25) is 0 Å². The highest BCUT2D eigenvalue weighted by Crippen LogP contribution is 2.44. The van der Waals surface area contributed by atoms with Crippen LogP contribution in [0.4, 0.5) is 5.69 Å². The fourth-order valence-corrected chi connectivity index (χ4v) is 2.54. The monoisotopic (exact) mass is 275 g/mol. The molecule has 5 nitrogen and oxygen atoms in total. The molecule has 2 rings (SSSR count). The number of hydrogen-bond acceptors (Lipinski definition) is 4. The molecular weight excluding hydrogens is 258 g/mol. The van der Waals surface area contributed by atoms with Crippen molar-refractivity contribution in [2.24, 2.45) is 0 Å². The number of rotatable bonds is 4. The smallest absolute Gasteiger partial charge is 0.326 e. The SMILES string of the molecule is C=C(C)C[C@@]1(C(=O)OC)C(=O)Nc2ccc(OC)cc21. The molecule has 1 aliphatic heterocycles. The van der Waals surface area contributed by atoms with E-state index in [-0.39, 0.29) is 6.42 Å². The Bertz CT molecular complexity index is 584. The highest BCUT2D eigenvalue weighted by Gasteiger charge is 2.54. The molecule has 0 aromatic heterocycles. The number of methoxy groups -OCH3 is 2. The molecule has 1 heterocycles. The minimum Gasteiger partial charge on any atom is -0.497 e. The van der Waals surface area contributed by atoms with Gasteiger partial charge >= 0.3 is 5.97 Å². The van der Waals surface area contributed by atoms with E-state index in [2.05, 4.69) is 11.9 Å². The van der Waals surface area contributed by atoms with E-state index in [0.717, 1.165) is 5.57 Å². The Morgan fingerprint density at radius 2 is 2.10 bits per heavy atom. The van der Waals surface area contributed by atoms with Gasteiger partial charge in [-0.05, 0) is 31.5 Å². The van der Waals surface area contributed by atoms with Crippen molar-refractivity contribution in [3.63, 3.8) is 0 Å². The maximum atomic E-state index is 12.4. The molecule has 1 amide bonds. The Morgan fingerprint density at radius 3 is 2.65 bits per heavy atom. The highest BCUT2D eigenvalue weighted by molar-refractivity contribution is 6.19. The van der Waals surface area contributed by atoms with Crippen LogP contribution in [0.1, 0.15) is 18.9 Å². The average molecular weight is 275 g/mol. The van der Waals surface area contributed by atoms with Crippen molar-refractivity contribution >= 4 is 17.6 Å². The summed E-state index contributed by atoms with van der Waals surface area (Å²) in [5, 5.41) is 2.72. The minimum absolute atomic E-state index is 0.200. The molecule has 1 aromatic carbocycles. The van der Waals surface area contributed by atoms with E-state index >= 15 is 0 Å². The second kappa shape index (κ2) is 5.00. The molecule has 0 radical (unpaired) electrons. The standard InChI is InChI=1S/C15H17NO4/c1-9(2)8-15(14(18)20-4)11-7-10(19-3)5-6-12(11)16-13(15)17/h5-7H,1,8H2,2-4H3,(H,16,17)/t15-/m0/s1. The van der Waals surface area contributed by atoms with Gasteiger partial charge in [-0.1, -0.05) is 5.57 Å². The predicted octanol–water partition coefficient (Wildman–Crippen LogP) is 2.02. The second-order valence-corrected chi connectivity index (χ2v) is 4.90. The van der Waals surface area contributed by atoms with E-state index < -0.39 is 17.3 Å². The van der Waals surface area contributed by atoms with E-state index in [9.17, 15) is 9.59 Å². The van der Waals surface area contributed by atoms with Crippen LogP contribution in [-0.4, -0.2) is 26.1 Å². The summed E-state index contributed by atoms with van der Waals surface area (Å²) in [4.78, 5) is 24.7. The molecule has 1 atom stereocenters. The van der Waals surface area contributed by atoms with Gasteiger partial charge in [-0.25, -0.2) is 0 Å². The van der Waals surface area contributed by atoms with E-state index in [0.29, 0.717) is 17.0 Å².